The maximum Gasteiger partial charge on any atom is 0.273 e. The molecule has 0 radical (unpaired) electrons. The molecule has 0 unspecified atom stereocenters. The van der Waals surface area contributed by atoms with E-state index in [4.69, 9.17) is 14.9 Å². The first kappa shape index (κ1) is 15.4. The highest BCUT2D eigenvalue weighted by molar-refractivity contribution is 7.80. The number of furan rings is 1. The Morgan fingerprint density at radius 1 is 1.50 bits per heavy atom. The molecule has 0 saturated carbocycles. The van der Waals surface area contributed by atoms with Crippen molar-refractivity contribution in [2.75, 3.05) is 7.11 Å². The number of non-ortho nitro benzene ring substituents is 1. The van der Waals surface area contributed by atoms with Crippen molar-refractivity contribution in [3.8, 4) is 17.1 Å². The van der Waals surface area contributed by atoms with Gasteiger partial charge in [-0.2, -0.15) is 5.10 Å². The SMILES string of the molecule is COc1cc([N+](=O)[O-])ccc1-c1ccc(C=NNC(N)=S)o1. The first-order valence-corrected chi connectivity index (χ1v) is 6.43. The number of nitro benzene ring substituents is 1. The molecule has 2 aromatic rings. The lowest BCUT2D eigenvalue weighted by atomic mass is 10.1. The molecule has 8 nitrogen and oxygen atoms in total. The van der Waals surface area contributed by atoms with Gasteiger partial charge in [0.2, 0.25) is 0 Å². The molecule has 0 aliphatic heterocycles. The number of benzene rings is 1. The summed E-state index contributed by atoms with van der Waals surface area (Å²) in [5.74, 6) is 1.29. The minimum Gasteiger partial charge on any atom is -0.496 e. The Morgan fingerprint density at radius 3 is 2.91 bits per heavy atom. The average molecular weight is 320 g/mol. The van der Waals surface area contributed by atoms with Crippen LogP contribution in [0, 0.1) is 10.1 Å². The monoisotopic (exact) mass is 320 g/mol. The molecular formula is C13H12N4O4S. The summed E-state index contributed by atoms with van der Waals surface area (Å²) >= 11 is 4.61. The predicted molar refractivity (Wildman–Crippen MR) is 84.9 cm³/mol. The number of nitrogens with two attached hydrogens (primary N) is 1. The molecule has 9 heteroatoms. The fourth-order valence-corrected chi connectivity index (χ4v) is 1.78. The fraction of sp³-hybridized carbons (Fsp3) is 0.0769. The van der Waals surface area contributed by atoms with Crippen LogP contribution in [0.5, 0.6) is 5.75 Å². The number of hydrogen-bond acceptors (Lipinski definition) is 6. The number of hydrazone groups is 1. The van der Waals surface area contributed by atoms with Gasteiger partial charge in [-0.05, 0) is 30.4 Å². The highest BCUT2D eigenvalue weighted by Crippen LogP contribution is 2.33. The Morgan fingerprint density at radius 2 is 2.27 bits per heavy atom. The number of ether oxygens (including phenoxy) is 1. The third kappa shape index (κ3) is 3.58. The third-order valence-electron chi connectivity index (χ3n) is 2.65. The van der Waals surface area contributed by atoms with E-state index in [0.717, 1.165) is 0 Å². The summed E-state index contributed by atoms with van der Waals surface area (Å²) in [6.07, 6.45) is 1.40. The predicted octanol–water partition coefficient (Wildman–Crippen LogP) is 2.03. The highest BCUT2D eigenvalue weighted by Gasteiger charge is 2.15. The molecule has 0 atom stereocenters. The van der Waals surface area contributed by atoms with Crippen LogP contribution in [0.15, 0.2) is 39.9 Å². The summed E-state index contributed by atoms with van der Waals surface area (Å²) in [6.45, 7) is 0. The van der Waals surface area contributed by atoms with Crippen LogP contribution < -0.4 is 15.9 Å². The zero-order chi connectivity index (χ0) is 16.1. The Hall–Kier alpha value is -2.94. The average Bonchev–Trinajstić information content (AvgIpc) is 2.94. The van der Waals surface area contributed by atoms with Crippen LogP contribution in [-0.2, 0) is 0 Å². The van der Waals surface area contributed by atoms with Gasteiger partial charge in [0, 0.05) is 6.07 Å². The lowest BCUT2D eigenvalue weighted by molar-refractivity contribution is -0.384. The Kier molecular flexibility index (Phi) is 4.69. The largest absolute Gasteiger partial charge is 0.496 e. The van der Waals surface area contributed by atoms with Gasteiger partial charge in [0.15, 0.2) is 5.11 Å². The van der Waals surface area contributed by atoms with E-state index in [1.807, 2.05) is 0 Å². The topological polar surface area (TPSA) is 116 Å². The number of nitro groups is 1. The molecular weight excluding hydrogens is 308 g/mol. The molecule has 1 aromatic carbocycles. The molecule has 3 N–H and O–H groups in total. The number of rotatable bonds is 5. The van der Waals surface area contributed by atoms with Crippen molar-refractivity contribution in [2.24, 2.45) is 10.8 Å². The van der Waals surface area contributed by atoms with Gasteiger partial charge in [0.25, 0.3) is 5.69 Å². The lowest BCUT2D eigenvalue weighted by Gasteiger charge is -2.05. The number of methoxy groups -OCH3 is 1. The second kappa shape index (κ2) is 6.68. The Balaban J connectivity index is 2.28. The van der Waals surface area contributed by atoms with Crippen LogP contribution >= 0.6 is 12.2 Å². The third-order valence-corrected chi connectivity index (χ3v) is 2.75. The van der Waals surface area contributed by atoms with Gasteiger partial charge in [-0.1, -0.05) is 0 Å². The van der Waals surface area contributed by atoms with E-state index >= 15 is 0 Å². The van der Waals surface area contributed by atoms with Crippen molar-refractivity contribution in [3.63, 3.8) is 0 Å². The number of hydrogen-bond donors (Lipinski definition) is 2. The zero-order valence-corrected chi connectivity index (χ0v) is 12.3. The minimum absolute atomic E-state index is 0.0417. The van der Waals surface area contributed by atoms with Crippen LogP contribution in [0.3, 0.4) is 0 Å². The molecule has 0 spiro atoms. The maximum absolute atomic E-state index is 10.8. The van der Waals surface area contributed by atoms with Gasteiger partial charge in [0.05, 0.1) is 29.9 Å². The summed E-state index contributed by atoms with van der Waals surface area (Å²) in [5.41, 5.74) is 8.17. The second-order valence-corrected chi connectivity index (χ2v) is 4.52. The fourth-order valence-electron chi connectivity index (χ4n) is 1.72. The molecule has 1 aromatic heterocycles. The van der Waals surface area contributed by atoms with Crippen molar-refractivity contribution in [2.45, 2.75) is 0 Å². The molecule has 0 aliphatic rings. The summed E-state index contributed by atoms with van der Waals surface area (Å²) < 4.78 is 10.7. The van der Waals surface area contributed by atoms with E-state index in [1.54, 1.807) is 18.2 Å². The maximum atomic E-state index is 10.8. The first-order valence-electron chi connectivity index (χ1n) is 6.02. The summed E-state index contributed by atoms with van der Waals surface area (Å²) in [5, 5.41) is 14.6. The number of thiocarbonyl (C=S) groups is 1. The van der Waals surface area contributed by atoms with Gasteiger partial charge in [-0.3, -0.25) is 15.5 Å². The van der Waals surface area contributed by atoms with Gasteiger partial charge in [-0.25, -0.2) is 0 Å². The molecule has 0 aliphatic carbocycles. The zero-order valence-electron chi connectivity index (χ0n) is 11.5. The molecule has 0 fully saturated rings. The van der Waals surface area contributed by atoms with Crippen LogP contribution in [0.25, 0.3) is 11.3 Å². The van der Waals surface area contributed by atoms with Gasteiger partial charge < -0.3 is 14.9 Å². The van der Waals surface area contributed by atoms with Crippen molar-refractivity contribution < 1.29 is 14.1 Å². The molecule has 1 heterocycles. The molecule has 114 valence electrons. The van der Waals surface area contributed by atoms with Gasteiger partial charge >= 0.3 is 0 Å². The molecule has 0 amide bonds. The normalized spacial score (nSPS) is 10.6. The summed E-state index contributed by atoms with van der Waals surface area (Å²) in [4.78, 5) is 10.3. The van der Waals surface area contributed by atoms with Gasteiger partial charge in [0.1, 0.15) is 17.3 Å². The van der Waals surface area contributed by atoms with Crippen LogP contribution in [0.2, 0.25) is 0 Å². The lowest BCUT2D eigenvalue weighted by Crippen LogP contribution is -2.23. The quantitative estimate of drug-likeness (QED) is 0.375. The van der Waals surface area contributed by atoms with Crippen LogP contribution in [-0.4, -0.2) is 23.4 Å². The minimum atomic E-state index is -0.492. The Bertz CT molecular complexity index is 741. The van der Waals surface area contributed by atoms with Gasteiger partial charge in [-0.15, -0.1) is 0 Å². The summed E-state index contributed by atoms with van der Waals surface area (Å²) in [6, 6.07) is 7.65. The van der Waals surface area contributed by atoms with E-state index in [1.165, 1.54) is 25.5 Å². The van der Waals surface area contributed by atoms with E-state index < -0.39 is 4.92 Å². The molecule has 0 bridgehead atoms. The number of nitrogens with one attached hydrogen (secondary N) is 1. The second-order valence-electron chi connectivity index (χ2n) is 4.08. The molecule has 22 heavy (non-hydrogen) atoms. The first-order chi connectivity index (χ1) is 10.5. The van der Waals surface area contributed by atoms with E-state index in [9.17, 15) is 10.1 Å². The molecule has 0 saturated heterocycles. The smallest absolute Gasteiger partial charge is 0.273 e. The number of nitrogens with zero attached hydrogens (tertiary/aromatic N) is 2. The van der Waals surface area contributed by atoms with E-state index in [0.29, 0.717) is 22.8 Å². The van der Waals surface area contributed by atoms with Crippen LogP contribution in [0.1, 0.15) is 5.76 Å². The van der Waals surface area contributed by atoms with Crippen LogP contribution in [0.4, 0.5) is 5.69 Å². The van der Waals surface area contributed by atoms with Crippen molar-refractivity contribution in [3.05, 3.63) is 46.2 Å². The molecule has 2 rings (SSSR count). The highest BCUT2D eigenvalue weighted by atomic mass is 32.1. The van der Waals surface area contributed by atoms with Crippen molar-refractivity contribution in [1.82, 2.24) is 5.43 Å². The summed E-state index contributed by atoms with van der Waals surface area (Å²) in [7, 11) is 1.43. The van der Waals surface area contributed by atoms with E-state index in [-0.39, 0.29) is 10.8 Å². The van der Waals surface area contributed by atoms with E-state index in [2.05, 4.69) is 22.7 Å². The Labute approximate surface area is 130 Å². The standard InChI is InChI=1S/C13H12N4O4S/c1-20-12-6-8(17(18)19)2-4-10(12)11-5-3-9(21-11)7-15-16-13(14)22/h2-7H,1H3,(H3,14,16,22). The van der Waals surface area contributed by atoms with Crippen molar-refractivity contribution >= 4 is 29.2 Å². The van der Waals surface area contributed by atoms with Crippen molar-refractivity contribution in [1.29, 1.82) is 0 Å².